The number of hydrogen-bond donors (Lipinski definition) is 2. The molecule has 4 heterocycles. The maximum absolute atomic E-state index is 12.7. The summed E-state index contributed by atoms with van der Waals surface area (Å²) in [6, 6.07) is 22.5. The molecule has 0 saturated carbocycles. The average molecular weight is 497 g/mol. The Morgan fingerprint density at radius 3 is 2.44 bits per heavy atom. The van der Waals surface area contributed by atoms with Crippen LogP contribution in [0.2, 0.25) is 0 Å². The number of benzene rings is 2. The lowest BCUT2D eigenvalue weighted by Crippen LogP contribution is -2.38. The molecule has 7 heteroatoms. The second-order valence-electron chi connectivity index (χ2n) is 9.58. The number of rotatable bonds is 5. The van der Waals surface area contributed by atoms with E-state index in [0.29, 0.717) is 10.8 Å². The molecular formula is C29H28N4O2S. The van der Waals surface area contributed by atoms with E-state index in [4.69, 9.17) is 0 Å². The van der Waals surface area contributed by atoms with Crippen molar-refractivity contribution < 1.29 is 4.55 Å². The number of piperidine rings is 1. The number of H-pyrrole nitrogens is 2. The molecule has 2 N–H and O–H groups in total. The number of pyridine rings is 2. The predicted molar refractivity (Wildman–Crippen MR) is 147 cm³/mol. The highest BCUT2D eigenvalue weighted by Crippen LogP contribution is 2.30. The van der Waals surface area contributed by atoms with Crippen molar-refractivity contribution in [3.63, 3.8) is 0 Å². The molecule has 1 saturated heterocycles. The lowest BCUT2D eigenvalue weighted by atomic mass is 10.0. The summed E-state index contributed by atoms with van der Waals surface area (Å²) in [6.45, 7) is 2.91. The summed E-state index contributed by atoms with van der Waals surface area (Å²) in [6.07, 6.45) is 5.56. The highest BCUT2D eigenvalue weighted by Gasteiger charge is 2.25. The van der Waals surface area contributed by atoms with Gasteiger partial charge in [-0.2, -0.15) is 0 Å². The number of hydrogen-bond acceptors (Lipinski definition) is 4. The van der Waals surface area contributed by atoms with Crippen LogP contribution in [0.15, 0.2) is 77.7 Å². The van der Waals surface area contributed by atoms with Crippen molar-refractivity contribution in [2.45, 2.75) is 24.6 Å². The fraction of sp³-hybridized carbons (Fsp3) is 0.241. The molecule has 3 aromatic heterocycles. The highest BCUT2D eigenvalue weighted by atomic mass is 32.2. The normalized spacial score (nSPS) is 16.1. The first-order valence-electron chi connectivity index (χ1n) is 12.3. The number of fused-ring (bicyclic) bond motifs is 3. The summed E-state index contributed by atoms with van der Waals surface area (Å²) in [5.74, 6) is 0. The predicted octanol–water partition coefficient (Wildman–Crippen LogP) is 5.08. The molecule has 6 nitrogen and oxygen atoms in total. The van der Waals surface area contributed by atoms with Gasteiger partial charge in [-0.25, -0.2) is 4.98 Å². The number of likely N-dealkylation sites (tertiary alicyclic amines) is 1. The number of aromatic nitrogens is 3. The minimum absolute atomic E-state index is 0.117. The van der Waals surface area contributed by atoms with E-state index in [2.05, 4.69) is 50.2 Å². The van der Waals surface area contributed by atoms with Crippen molar-refractivity contribution in [1.82, 2.24) is 19.9 Å². The summed E-state index contributed by atoms with van der Waals surface area (Å²) in [5.41, 5.74) is 6.31. The lowest BCUT2D eigenvalue weighted by molar-refractivity contribution is 0.222. The van der Waals surface area contributed by atoms with Gasteiger partial charge in [0.15, 0.2) is 0 Å². The zero-order chi connectivity index (χ0) is 24.6. The van der Waals surface area contributed by atoms with Crippen LogP contribution in [0.1, 0.15) is 18.4 Å². The minimum Gasteiger partial charge on any atom is -0.616 e. The van der Waals surface area contributed by atoms with Gasteiger partial charge in [0, 0.05) is 54.5 Å². The Morgan fingerprint density at radius 1 is 0.972 bits per heavy atom. The molecule has 36 heavy (non-hydrogen) atoms. The lowest BCUT2D eigenvalue weighted by Gasteiger charge is -2.31. The van der Waals surface area contributed by atoms with Crippen LogP contribution in [-0.4, -0.2) is 49.0 Å². The molecule has 1 aliphatic rings. The fourth-order valence-electron chi connectivity index (χ4n) is 5.18. The first-order valence-corrected chi connectivity index (χ1v) is 13.9. The van der Waals surface area contributed by atoms with E-state index in [1.54, 1.807) is 6.20 Å². The van der Waals surface area contributed by atoms with Crippen LogP contribution in [0.5, 0.6) is 0 Å². The highest BCUT2D eigenvalue weighted by molar-refractivity contribution is 7.91. The summed E-state index contributed by atoms with van der Waals surface area (Å²) in [4.78, 5) is 26.2. The van der Waals surface area contributed by atoms with E-state index in [0.717, 1.165) is 71.2 Å². The van der Waals surface area contributed by atoms with Gasteiger partial charge < -0.3 is 14.5 Å². The van der Waals surface area contributed by atoms with Crippen LogP contribution >= 0.6 is 0 Å². The number of nitrogens with zero attached hydrogens (tertiary/aromatic N) is 2. The van der Waals surface area contributed by atoms with Crippen molar-refractivity contribution in [2.24, 2.45) is 0 Å². The third-order valence-electron chi connectivity index (χ3n) is 7.24. The monoisotopic (exact) mass is 496 g/mol. The fourth-order valence-corrected chi connectivity index (χ4v) is 6.06. The Balaban J connectivity index is 1.27. The molecule has 0 amide bonds. The second kappa shape index (κ2) is 9.58. The first kappa shape index (κ1) is 23.0. The van der Waals surface area contributed by atoms with Crippen molar-refractivity contribution in [1.29, 1.82) is 0 Å². The number of nitrogens with one attached hydrogen (secondary N) is 2. The van der Waals surface area contributed by atoms with E-state index >= 15 is 0 Å². The summed E-state index contributed by atoms with van der Waals surface area (Å²) >= 11 is -0.719. The van der Waals surface area contributed by atoms with Crippen LogP contribution < -0.4 is 5.56 Å². The van der Waals surface area contributed by atoms with Gasteiger partial charge in [0.25, 0.3) is 5.56 Å². The smallest absolute Gasteiger partial charge is 0.256 e. The summed E-state index contributed by atoms with van der Waals surface area (Å²) < 4.78 is 11.7. The molecular weight excluding hydrogens is 468 g/mol. The Kier molecular flexibility index (Phi) is 6.13. The van der Waals surface area contributed by atoms with Gasteiger partial charge in [0.2, 0.25) is 0 Å². The topological polar surface area (TPSA) is 87.8 Å². The third-order valence-corrected chi connectivity index (χ3v) is 8.65. The van der Waals surface area contributed by atoms with Crippen LogP contribution in [0, 0.1) is 0 Å². The largest absolute Gasteiger partial charge is 0.616 e. The van der Waals surface area contributed by atoms with Crippen LogP contribution in [-0.2, 0) is 17.7 Å². The summed E-state index contributed by atoms with van der Waals surface area (Å²) in [5, 5.41) is 2.29. The minimum atomic E-state index is -0.719. The first-order chi connectivity index (χ1) is 17.5. The van der Waals surface area contributed by atoms with E-state index < -0.39 is 11.2 Å². The zero-order valence-electron chi connectivity index (χ0n) is 20.2. The van der Waals surface area contributed by atoms with Crippen LogP contribution in [0.3, 0.4) is 0 Å². The molecule has 182 valence electrons. The van der Waals surface area contributed by atoms with Gasteiger partial charge in [-0.1, -0.05) is 65.8 Å². The molecule has 1 unspecified atom stereocenters. The van der Waals surface area contributed by atoms with Crippen LogP contribution in [0.4, 0.5) is 0 Å². The molecule has 0 radical (unpaired) electrons. The number of aromatic amines is 2. The van der Waals surface area contributed by atoms with Gasteiger partial charge in [0.1, 0.15) is 10.9 Å². The molecule has 6 rings (SSSR count). The molecule has 5 aromatic rings. The third kappa shape index (κ3) is 4.46. The average Bonchev–Trinajstić information content (AvgIpc) is 3.34. The summed E-state index contributed by atoms with van der Waals surface area (Å²) in [7, 11) is 0. The van der Waals surface area contributed by atoms with Crippen molar-refractivity contribution >= 4 is 33.1 Å². The zero-order valence-corrected chi connectivity index (χ0v) is 21.0. The van der Waals surface area contributed by atoms with E-state index in [1.165, 1.54) is 5.56 Å². The molecule has 0 bridgehead atoms. The quantitative estimate of drug-likeness (QED) is 0.332. The van der Waals surface area contributed by atoms with Crippen molar-refractivity contribution in [2.75, 3.05) is 19.3 Å². The Labute approximate surface area is 212 Å². The Hall–Kier alpha value is -3.39. The van der Waals surface area contributed by atoms with Gasteiger partial charge in [-0.05, 0) is 28.8 Å². The second-order valence-corrected chi connectivity index (χ2v) is 11.2. The standard InChI is InChI=1S/C29H28N4O2S/c1-36(35)22-11-13-33(14-12-22)18-19-7-9-21(10-8-19)26-16-25-24-15-23(20-5-3-2-4-6-20)29(34)32-27(24)17-30-28(25)31-26/h2-10,15-17,22H,11-14,18H2,1H3,(H,30,31)(H,32,34). The molecule has 2 aromatic carbocycles. The van der Waals surface area contributed by atoms with Crippen LogP contribution in [0.25, 0.3) is 44.3 Å². The van der Waals surface area contributed by atoms with Gasteiger partial charge in [-0.3, -0.25) is 9.69 Å². The molecule has 0 spiro atoms. The maximum Gasteiger partial charge on any atom is 0.256 e. The van der Waals surface area contributed by atoms with Gasteiger partial charge >= 0.3 is 0 Å². The van der Waals surface area contributed by atoms with E-state index in [-0.39, 0.29) is 5.56 Å². The Morgan fingerprint density at radius 2 is 1.72 bits per heavy atom. The SMILES string of the molecule is C[S+]([O-])C1CCN(Cc2ccc(-c3cc4c(ncc5[nH]c(=O)c(-c6ccccc6)cc54)[nH]3)cc2)CC1. The molecule has 1 aliphatic heterocycles. The molecule has 0 aliphatic carbocycles. The maximum atomic E-state index is 12.7. The van der Waals surface area contributed by atoms with Gasteiger partial charge in [-0.15, -0.1) is 0 Å². The van der Waals surface area contributed by atoms with E-state index in [9.17, 15) is 9.35 Å². The van der Waals surface area contributed by atoms with Crippen molar-refractivity contribution in [3.8, 4) is 22.4 Å². The molecule has 1 fully saturated rings. The van der Waals surface area contributed by atoms with Crippen molar-refractivity contribution in [3.05, 3.63) is 88.8 Å². The Bertz CT molecular complexity index is 1570. The van der Waals surface area contributed by atoms with Gasteiger partial charge in [0.05, 0.1) is 18.0 Å². The molecule has 1 atom stereocenters. The van der Waals surface area contributed by atoms with E-state index in [1.807, 2.05) is 42.7 Å².